The van der Waals surface area contributed by atoms with Crippen LogP contribution < -0.4 is 57.7 Å². The van der Waals surface area contributed by atoms with Gasteiger partial charge in [-0.05, 0) is 140 Å². The Labute approximate surface area is 660 Å². The van der Waals surface area contributed by atoms with Gasteiger partial charge in [-0.3, -0.25) is 87.3 Å². The molecule has 0 radical (unpaired) electrons. The van der Waals surface area contributed by atoms with Crippen molar-refractivity contribution in [2.75, 3.05) is 128 Å². The predicted octanol–water partition coefficient (Wildman–Crippen LogP) is 1.22. The van der Waals surface area contributed by atoms with Gasteiger partial charge in [-0.1, -0.05) is 0 Å². The zero-order valence-electron chi connectivity index (χ0n) is 64.0. The summed E-state index contributed by atoms with van der Waals surface area (Å²) in [4.78, 5) is 197. The monoisotopic (exact) mass is 1570 g/mol. The van der Waals surface area contributed by atoms with Crippen molar-refractivity contribution < 1.29 is 62.3 Å². The van der Waals surface area contributed by atoms with Crippen LogP contribution in [0.25, 0.3) is 0 Å². The molecule has 2 unspecified atom stereocenters. The van der Waals surface area contributed by atoms with E-state index in [0.29, 0.717) is 72.4 Å². The smallest absolute Gasteiger partial charge is 0.271 e. The summed E-state index contributed by atoms with van der Waals surface area (Å²) in [6.45, 7) is 11.8. The number of carbonyl (C=O) groups is 13. The Morgan fingerprint density at radius 1 is 0.522 bits per heavy atom. The van der Waals surface area contributed by atoms with Gasteiger partial charge in [-0.15, -0.1) is 0 Å². The maximum atomic E-state index is 14.2. The number of nitrogens with one attached hydrogen (secondary N) is 5. The lowest BCUT2D eigenvalue weighted by atomic mass is 9.76. The quantitative estimate of drug-likeness (QED) is 0.0498. The molecule has 12 aliphatic heterocycles. The van der Waals surface area contributed by atoms with Crippen molar-refractivity contribution in [2.24, 2.45) is 48.2 Å². The fraction of sp³-hybridized carbons (Fsp3) is 0.500. The number of nitrogens with two attached hydrogens (primary N) is 2. The lowest BCUT2D eigenvalue weighted by Crippen LogP contribution is -2.54. The van der Waals surface area contributed by atoms with Crippen LogP contribution in [0.3, 0.4) is 0 Å². The number of benzene rings is 2. The Balaban J connectivity index is 0.000000144. The number of aryl methyl sites for hydroxylation is 2. The maximum absolute atomic E-state index is 14.2. The first-order valence-corrected chi connectivity index (χ1v) is 39.5. The van der Waals surface area contributed by atoms with Gasteiger partial charge in [-0.2, -0.15) is 10.2 Å². The molecule has 2 aromatic carbocycles. The molecule has 37 heteroatoms. The molecule has 0 bridgehead atoms. The standard InChI is InChI=1S/C39H46N12O6.C22H31N9O2.C17H15N3O5/c1-46-21-24(16-42-46)43-34-32(33(40)53)41-17-30(44-34)48-11-2-3-26(22-48)50-14-10-39(38(50)57)8-12-47(13-9-39)18-23-19-49(20-23)25-4-5-27-28(15-25)37(56)51(36(27)55)29-6-7-31(52)45-35(29)54;1-29-13-15(11-26-29)27-20-18(19(23)32)25-12-17(28-20)30-9-2-3-16(14-30)31-10-6-22(21(31)33)4-7-24-8-5-22;21-8-9-6-19(7-9)10-1-2-11-12(5-10)17(25)20(16(11)24)13-3-4-14(22)18-15(13)23/h4-5,15-17,21,23,26,29H,2-3,6-14,18-20,22H2,1H3,(H2,40,53)(H,43,44)(H,45,52,54);11-13,16,24H,2-10,14H2,1H3,(H2,23,32)(H,27,28);1-2,5,8-9,13H,3-4,6-7H2,(H,18,22,23)/t26-,29?;16-;/m11./s1. The summed E-state index contributed by atoms with van der Waals surface area (Å²) in [7, 11) is 3.61. The summed E-state index contributed by atoms with van der Waals surface area (Å²) >= 11 is 0. The van der Waals surface area contributed by atoms with Gasteiger partial charge < -0.3 is 66.5 Å². The number of primary amides is 2. The van der Waals surface area contributed by atoms with E-state index in [9.17, 15) is 62.3 Å². The molecular formula is C78H92N24O13. The lowest BCUT2D eigenvalue weighted by molar-refractivity contribution is -0.141. The van der Waals surface area contributed by atoms with E-state index in [1.807, 2.05) is 18.0 Å². The molecule has 10 saturated heterocycles. The highest BCUT2D eigenvalue weighted by atomic mass is 16.2. The minimum absolute atomic E-state index is 0.00874. The average molecular weight is 1570 g/mol. The Morgan fingerprint density at radius 2 is 0.957 bits per heavy atom. The van der Waals surface area contributed by atoms with Crippen molar-refractivity contribution in [3.63, 3.8) is 0 Å². The SMILES string of the molecule is Cn1cc(Nc2nc(N3CCC[C@@H](N4CCC5(CCN(CC6CN(c7ccc8c(c7)C(=O)N(C7CCC(=O)NC7=O)C8=O)C6)CC5)C4=O)C3)cnc2C(N)=O)cn1.Cn1cc(Nc2nc(N3CCC[C@@H](N4CCC5(CCNCC5)C4=O)C3)cnc2C(N)=O)cn1.O=CC1CN(c2ccc3c(c2)C(=O)N(C2CCC(=O)NC2=O)C3=O)C1. The van der Waals surface area contributed by atoms with Crippen LogP contribution in [0.1, 0.15) is 152 Å². The van der Waals surface area contributed by atoms with E-state index in [-0.39, 0.29) is 94.3 Å². The molecule has 9 N–H and O–H groups in total. The second-order valence-electron chi connectivity index (χ2n) is 32.2. The van der Waals surface area contributed by atoms with Gasteiger partial charge >= 0.3 is 0 Å². The third-order valence-corrected chi connectivity index (χ3v) is 24.9. The Morgan fingerprint density at radius 3 is 1.38 bits per heavy atom. The minimum Gasteiger partial charge on any atom is -0.371 e. The summed E-state index contributed by atoms with van der Waals surface area (Å²) in [5, 5.41) is 22.3. The van der Waals surface area contributed by atoms with E-state index in [1.54, 1.807) is 83.9 Å². The lowest BCUT2D eigenvalue weighted by Gasteiger charge is -2.46. The van der Waals surface area contributed by atoms with Gasteiger partial charge in [0.15, 0.2) is 23.0 Å². The number of hydrogen-bond acceptors (Lipinski definition) is 27. The number of hydrogen-bond donors (Lipinski definition) is 7. The van der Waals surface area contributed by atoms with Gasteiger partial charge in [0.25, 0.3) is 35.4 Å². The summed E-state index contributed by atoms with van der Waals surface area (Å²) in [6, 6.07) is 8.48. The third kappa shape index (κ3) is 15.0. The molecule has 37 nitrogen and oxygen atoms in total. The largest absolute Gasteiger partial charge is 0.371 e. The number of fused-ring (bicyclic) bond motifs is 2. The third-order valence-electron chi connectivity index (χ3n) is 24.9. The molecule has 10 fully saturated rings. The van der Waals surface area contributed by atoms with Gasteiger partial charge in [-0.25, -0.2) is 19.9 Å². The van der Waals surface area contributed by atoms with Crippen molar-refractivity contribution in [1.29, 1.82) is 0 Å². The Kier molecular flexibility index (Phi) is 20.9. The highest BCUT2D eigenvalue weighted by Gasteiger charge is 2.53. The highest BCUT2D eigenvalue weighted by Crippen LogP contribution is 2.46. The number of aromatic nitrogens is 8. The van der Waals surface area contributed by atoms with Crippen LogP contribution in [0.4, 0.5) is 46.0 Å². The van der Waals surface area contributed by atoms with E-state index >= 15 is 0 Å². The van der Waals surface area contributed by atoms with Gasteiger partial charge in [0, 0.05) is 147 Å². The molecule has 0 aliphatic carbocycles. The van der Waals surface area contributed by atoms with Gasteiger partial charge in [0.05, 0.1) is 69.2 Å². The molecule has 4 aromatic heterocycles. The number of nitrogens with zero attached hydrogens (tertiary/aromatic N) is 17. The molecule has 0 saturated carbocycles. The number of anilines is 8. The fourth-order valence-electron chi connectivity index (χ4n) is 18.4. The van der Waals surface area contributed by atoms with Crippen LogP contribution in [0.5, 0.6) is 0 Å². The predicted molar refractivity (Wildman–Crippen MR) is 414 cm³/mol. The summed E-state index contributed by atoms with van der Waals surface area (Å²) < 4.78 is 3.29. The second kappa shape index (κ2) is 31.3. The van der Waals surface area contributed by atoms with E-state index in [1.165, 1.54) is 0 Å². The average Bonchev–Trinajstić information content (AvgIpc) is 1.62. The number of piperidine rings is 6. The van der Waals surface area contributed by atoms with Crippen LogP contribution in [0, 0.1) is 22.7 Å². The van der Waals surface area contributed by atoms with Crippen LogP contribution >= 0.6 is 0 Å². The summed E-state index contributed by atoms with van der Waals surface area (Å²) in [5.41, 5.74) is 14.8. The molecule has 115 heavy (non-hydrogen) atoms. The molecule has 12 amide bonds. The summed E-state index contributed by atoms with van der Waals surface area (Å²) in [6.07, 6.45) is 20.5. The molecule has 4 atom stereocenters. The first-order valence-electron chi connectivity index (χ1n) is 39.5. The number of imide groups is 4. The van der Waals surface area contributed by atoms with Crippen molar-refractivity contribution in [3.8, 4) is 0 Å². The zero-order chi connectivity index (χ0) is 80.3. The van der Waals surface area contributed by atoms with E-state index in [2.05, 4.69) is 81.1 Å². The zero-order valence-corrected chi connectivity index (χ0v) is 64.0. The van der Waals surface area contributed by atoms with E-state index in [4.69, 9.17) is 16.5 Å². The number of likely N-dealkylation sites (tertiary alicyclic amines) is 3. The van der Waals surface area contributed by atoms with Crippen molar-refractivity contribution >= 4 is 123 Å². The Hall–Kier alpha value is -12.2. The van der Waals surface area contributed by atoms with Gasteiger partial charge in [0.2, 0.25) is 35.4 Å². The van der Waals surface area contributed by atoms with E-state index < -0.39 is 71.2 Å². The number of aldehydes is 1. The van der Waals surface area contributed by atoms with Crippen molar-refractivity contribution in [2.45, 2.75) is 114 Å². The first kappa shape index (κ1) is 76.8. The molecule has 6 aromatic rings. The summed E-state index contributed by atoms with van der Waals surface area (Å²) in [5.74, 6) is -2.53. The van der Waals surface area contributed by atoms with Crippen LogP contribution in [-0.4, -0.2) is 264 Å². The number of amides is 12. The molecule has 18 rings (SSSR count). The Bertz CT molecular complexity index is 4960. The molecule has 16 heterocycles. The van der Waals surface area contributed by atoms with E-state index in [0.717, 1.165) is 164 Å². The molecule has 2 spiro atoms. The topological polar surface area (TPSA) is 450 Å². The normalized spacial score (nSPS) is 23.5. The second-order valence-corrected chi connectivity index (χ2v) is 32.2. The fourth-order valence-corrected chi connectivity index (χ4v) is 18.4. The molecule has 12 aliphatic rings. The number of carbonyl (C=O) groups excluding carboxylic acids is 13. The minimum atomic E-state index is -0.984. The highest BCUT2D eigenvalue weighted by molar-refractivity contribution is 6.25. The van der Waals surface area contributed by atoms with Gasteiger partial charge in [0.1, 0.15) is 30.0 Å². The van der Waals surface area contributed by atoms with Crippen molar-refractivity contribution in [3.05, 3.63) is 107 Å². The molecular weight excluding hydrogens is 1480 g/mol. The van der Waals surface area contributed by atoms with Crippen molar-refractivity contribution in [1.82, 2.24) is 79.9 Å². The van der Waals surface area contributed by atoms with Crippen LogP contribution in [-0.2, 0) is 47.7 Å². The maximum Gasteiger partial charge on any atom is 0.271 e. The van der Waals surface area contributed by atoms with Crippen LogP contribution in [0.15, 0.2) is 73.6 Å². The number of rotatable bonds is 17. The van der Waals surface area contributed by atoms with Crippen LogP contribution in [0.2, 0.25) is 0 Å². The first-order chi connectivity index (χ1) is 55.4. The molecule has 602 valence electrons.